The van der Waals surface area contributed by atoms with Gasteiger partial charge >= 0.3 is 0 Å². The van der Waals surface area contributed by atoms with Crippen LogP contribution in [-0.4, -0.2) is 34.1 Å². The second-order valence-electron chi connectivity index (χ2n) is 3.74. The van der Waals surface area contributed by atoms with Crippen molar-refractivity contribution >= 4 is 11.6 Å². The summed E-state index contributed by atoms with van der Waals surface area (Å²) in [6.07, 6.45) is -3.95. The lowest BCUT2D eigenvalue weighted by molar-refractivity contribution is 0.00380. The summed E-state index contributed by atoms with van der Waals surface area (Å²) in [5.41, 5.74) is 3.03. The molecule has 0 amide bonds. The fourth-order valence-corrected chi connectivity index (χ4v) is 1.32. The minimum atomic E-state index is -2.79. The van der Waals surface area contributed by atoms with Gasteiger partial charge in [-0.1, -0.05) is 6.92 Å². The van der Waals surface area contributed by atoms with Gasteiger partial charge in [0, 0.05) is 18.5 Å². The Kier molecular flexibility index (Phi) is 5.17. The van der Waals surface area contributed by atoms with E-state index in [2.05, 4.69) is 20.7 Å². The first-order valence-electron chi connectivity index (χ1n) is 5.53. The van der Waals surface area contributed by atoms with Crippen LogP contribution >= 0.6 is 0 Å². The standard InChI is InChI=1S/C10H17F2N5O/c1-3-7-15-9(5(2)10(16-7)17-13)14-4-6(18)8(11)12/h6,8,18H,3-4,13H2,1-2H3,(H2,14,15,16,17). The minimum Gasteiger partial charge on any atom is -0.385 e. The van der Waals surface area contributed by atoms with Gasteiger partial charge in [-0.2, -0.15) is 0 Å². The van der Waals surface area contributed by atoms with Crippen molar-refractivity contribution < 1.29 is 13.9 Å². The van der Waals surface area contributed by atoms with Gasteiger partial charge in [0.25, 0.3) is 6.43 Å². The Morgan fingerprint density at radius 1 is 1.33 bits per heavy atom. The molecule has 0 spiro atoms. The van der Waals surface area contributed by atoms with Crippen molar-refractivity contribution in [2.75, 3.05) is 17.3 Å². The van der Waals surface area contributed by atoms with Gasteiger partial charge in [0.05, 0.1) is 0 Å². The molecule has 0 aliphatic heterocycles. The zero-order chi connectivity index (χ0) is 13.7. The third kappa shape index (κ3) is 3.47. The first-order chi connectivity index (χ1) is 8.49. The van der Waals surface area contributed by atoms with Crippen LogP contribution in [0.15, 0.2) is 0 Å². The van der Waals surface area contributed by atoms with Crippen LogP contribution in [0.1, 0.15) is 18.3 Å². The molecule has 0 aromatic carbocycles. The molecule has 0 aliphatic rings. The van der Waals surface area contributed by atoms with E-state index in [0.29, 0.717) is 29.4 Å². The van der Waals surface area contributed by atoms with E-state index in [-0.39, 0.29) is 6.54 Å². The molecule has 0 aliphatic carbocycles. The molecule has 18 heavy (non-hydrogen) atoms. The van der Waals surface area contributed by atoms with E-state index in [9.17, 15) is 8.78 Å². The van der Waals surface area contributed by atoms with E-state index >= 15 is 0 Å². The van der Waals surface area contributed by atoms with Crippen LogP contribution in [0.4, 0.5) is 20.4 Å². The van der Waals surface area contributed by atoms with Crippen LogP contribution in [0.5, 0.6) is 0 Å². The number of anilines is 2. The number of aliphatic hydroxyl groups excluding tert-OH is 1. The number of hydrogen-bond donors (Lipinski definition) is 4. The predicted molar refractivity (Wildman–Crippen MR) is 64.5 cm³/mol. The van der Waals surface area contributed by atoms with E-state index in [4.69, 9.17) is 10.9 Å². The van der Waals surface area contributed by atoms with Crippen LogP contribution < -0.4 is 16.6 Å². The highest BCUT2D eigenvalue weighted by Crippen LogP contribution is 2.19. The summed E-state index contributed by atoms with van der Waals surface area (Å²) in [6, 6.07) is 0. The molecular formula is C10H17F2N5O. The van der Waals surface area contributed by atoms with Crippen molar-refractivity contribution in [3.8, 4) is 0 Å². The number of nitrogens with two attached hydrogens (primary N) is 1. The highest BCUT2D eigenvalue weighted by Gasteiger charge is 2.17. The van der Waals surface area contributed by atoms with E-state index in [1.807, 2.05) is 6.92 Å². The number of nitrogen functional groups attached to an aromatic ring is 1. The first-order valence-corrected chi connectivity index (χ1v) is 5.53. The third-order valence-electron chi connectivity index (χ3n) is 2.41. The molecule has 1 rings (SSSR count). The van der Waals surface area contributed by atoms with Crippen LogP contribution in [0, 0.1) is 6.92 Å². The summed E-state index contributed by atoms with van der Waals surface area (Å²) in [4.78, 5) is 8.29. The third-order valence-corrected chi connectivity index (χ3v) is 2.41. The zero-order valence-electron chi connectivity index (χ0n) is 10.2. The molecule has 0 saturated heterocycles. The smallest absolute Gasteiger partial charge is 0.265 e. The summed E-state index contributed by atoms with van der Waals surface area (Å²) >= 11 is 0. The molecule has 0 radical (unpaired) electrons. The van der Waals surface area contributed by atoms with E-state index < -0.39 is 12.5 Å². The Balaban J connectivity index is 2.87. The molecular weight excluding hydrogens is 244 g/mol. The molecule has 1 unspecified atom stereocenters. The first kappa shape index (κ1) is 14.5. The minimum absolute atomic E-state index is 0.289. The lowest BCUT2D eigenvalue weighted by Gasteiger charge is -2.15. The number of hydrogen-bond acceptors (Lipinski definition) is 6. The number of hydrazine groups is 1. The Bertz CT molecular complexity index is 402. The van der Waals surface area contributed by atoms with Crippen LogP contribution in [0.2, 0.25) is 0 Å². The number of halogens is 2. The maximum absolute atomic E-state index is 12.2. The average molecular weight is 261 g/mol. The quantitative estimate of drug-likeness (QED) is 0.444. The zero-order valence-corrected chi connectivity index (χ0v) is 10.2. The summed E-state index contributed by atoms with van der Waals surface area (Å²) in [6.45, 7) is 3.27. The van der Waals surface area contributed by atoms with E-state index in [1.54, 1.807) is 6.92 Å². The molecule has 6 nitrogen and oxygen atoms in total. The molecule has 102 valence electrons. The van der Waals surface area contributed by atoms with Crippen molar-refractivity contribution in [1.82, 2.24) is 9.97 Å². The molecule has 0 saturated carbocycles. The Labute approximate surface area is 104 Å². The van der Waals surface area contributed by atoms with Gasteiger partial charge in [0.1, 0.15) is 23.6 Å². The number of aryl methyl sites for hydroxylation is 1. The van der Waals surface area contributed by atoms with Gasteiger partial charge in [-0.15, -0.1) is 0 Å². The Morgan fingerprint density at radius 2 is 1.94 bits per heavy atom. The number of nitrogens with zero attached hydrogens (tertiary/aromatic N) is 2. The molecule has 1 aromatic heterocycles. The second kappa shape index (κ2) is 6.41. The average Bonchev–Trinajstić information content (AvgIpc) is 2.36. The van der Waals surface area contributed by atoms with E-state index in [0.717, 1.165) is 0 Å². The fourth-order valence-electron chi connectivity index (χ4n) is 1.32. The summed E-state index contributed by atoms with van der Waals surface area (Å²) in [5.74, 6) is 6.65. The van der Waals surface area contributed by atoms with Gasteiger partial charge in [-0.25, -0.2) is 24.6 Å². The van der Waals surface area contributed by atoms with Crippen molar-refractivity contribution in [2.24, 2.45) is 5.84 Å². The van der Waals surface area contributed by atoms with Gasteiger partial charge in [0.2, 0.25) is 0 Å². The fraction of sp³-hybridized carbons (Fsp3) is 0.600. The number of aliphatic hydroxyl groups is 1. The largest absolute Gasteiger partial charge is 0.385 e. The van der Waals surface area contributed by atoms with Gasteiger partial charge in [0.15, 0.2) is 0 Å². The number of alkyl halides is 2. The highest BCUT2D eigenvalue weighted by molar-refractivity contribution is 5.56. The molecule has 1 heterocycles. The van der Waals surface area contributed by atoms with Gasteiger partial charge in [-0.05, 0) is 6.92 Å². The number of nitrogens with one attached hydrogen (secondary N) is 2. The topological polar surface area (TPSA) is 96.1 Å². The summed E-state index contributed by atoms with van der Waals surface area (Å²) in [7, 11) is 0. The van der Waals surface area contributed by atoms with Gasteiger partial charge < -0.3 is 15.8 Å². The lowest BCUT2D eigenvalue weighted by atomic mass is 10.2. The molecule has 0 bridgehead atoms. The predicted octanol–water partition coefficient (Wildman–Crippen LogP) is 0.671. The Morgan fingerprint density at radius 3 is 2.44 bits per heavy atom. The van der Waals surface area contributed by atoms with Crippen LogP contribution in [-0.2, 0) is 6.42 Å². The normalized spacial score (nSPS) is 12.6. The number of rotatable bonds is 6. The number of aromatic nitrogens is 2. The molecule has 1 atom stereocenters. The van der Waals surface area contributed by atoms with Crippen LogP contribution in [0.3, 0.4) is 0 Å². The van der Waals surface area contributed by atoms with Crippen molar-refractivity contribution in [3.05, 3.63) is 11.4 Å². The maximum atomic E-state index is 12.2. The maximum Gasteiger partial charge on any atom is 0.265 e. The summed E-state index contributed by atoms with van der Waals surface area (Å²) in [5, 5.41) is 11.7. The summed E-state index contributed by atoms with van der Waals surface area (Å²) < 4.78 is 24.3. The lowest BCUT2D eigenvalue weighted by Crippen LogP contribution is -2.27. The monoisotopic (exact) mass is 261 g/mol. The van der Waals surface area contributed by atoms with Gasteiger partial charge in [-0.3, -0.25) is 0 Å². The molecule has 8 heteroatoms. The van der Waals surface area contributed by atoms with E-state index in [1.165, 1.54) is 0 Å². The molecule has 5 N–H and O–H groups in total. The molecule has 0 fully saturated rings. The Hall–Kier alpha value is -1.54. The van der Waals surface area contributed by atoms with Crippen molar-refractivity contribution in [1.29, 1.82) is 0 Å². The highest BCUT2D eigenvalue weighted by atomic mass is 19.3. The SMILES string of the molecule is CCc1nc(NN)c(C)c(NCC(O)C(F)F)n1. The van der Waals surface area contributed by atoms with Crippen molar-refractivity contribution in [2.45, 2.75) is 32.8 Å². The van der Waals surface area contributed by atoms with Crippen LogP contribution in [0.25, 0.3) is 0 Å². The van der Waals surface area contributed by atoms with Crippen molar-refractivity contribution in [3.63, 3.8) is 0 Å². The molecule has 1 aromatic rings. The second-order valence-corrected chi connectivity index (χ2v) is 3.74.